The minimum atomic E-state index is -0.410. The average Bonchev–Trinajstić information content (AvgIpc) is 2.83. The SMILES string of the molecule is CCC(C)c1ccc(OCC(=O)N/N=C/c2cc(N=Nc3ccccc3)ccc2O)cc1. The molecule has 7 heteroatoms. The van der Waals surface area contributed by atoms with Crippen LogP contribution in [0.25, 0.3) is 0 Å². The Balaban J connectivity index is 1.52. The topological polar surface area (TPSA) is 95.6 Å². The summed E-state index contributed by atoms with van der Waals surface area (Å²) in [5.74, 6) is 0.702. The molecule has 0 aliphatic rings. The van der Waals surface area contributed by atoms with Crippen molar-refractivity contribution in [2.75, 3.05) is 6.61 Å². The Hall–Kier alpha value is -4.00. The van der Waals surface area contributed by atoms with Crippen LogP contribution in [0.4, 0.5) is 11.4 Å². The van der Waals surface area contributed by atoms with E-state index < -0.39 is 5.91 Å². The van der Waals surface area contributed by atoms with Crippen LogP contribution in [0.1, 0.15) is 37.3 Å². The van der Waals surface area contributed by atoms with Crippen LogP contribution in [0.15, 0.2) is 88.1 Å². The molecule has 0 spiro atoms. The molecule has 3 aromatic rings. The smallest absolute Gasteiger partial charge is 0.277 e. The molecule has 0 aliphatic heterocycles. The van der Waals surface area contributed by atoms with Gasteiger partial charge in [0.2, 0.25) is 0 Å². The fourth-order valence-electron chi connectivity index (χ4n) is 2.80. The zero-order chi connectivity index (χ0) is 22.8. The molecule has 0 aliphatic carbocycles. The molecule has 0 aromatic heterocycles. The highest BCUT2D eigenvalue weighted by molar-refractivity contribution is 5.86. The highest BCUT2D eigenvalue weighted by atomic mass is 16.5. The van der Waals surface area contributed by atoms with Gasteiger partial charge < -0.3 is 9.84 Å². The normalized spacial score (nSPS) is 12.2. The van der Waals surface area contributed by atoms with E-state index in [2.05, 4.69) is 34.6 Å². The van der Waals surface area contributed by atoms with Crippen LogP contribution in [-0.4, -0.2) is 23.8 Å². The first-order valence-corrected chi connectivity index (χ1v) is 10.4. The molecule has 1 unspecified atom stereocenters. The Kier molecular flexibility index (Phi) is 8.09. The lowest BCUT2D eigenvalue weighted by Crippen LogP contribution is -2.24. The molecule has 0 radical (unpaired) electrons. The number of phenolic OH excluding ortho intramolecular Hbond substituents is 1. The molecule has 1 atom stereocenters. The highest BCUT2D eigenvalue weighted by Gasteiger charge is 2.05. The van der Waals surface area contributed by atoms with Gasteiger partial charge in [0.1, 0.15) is 11.5 Å². The molecule has 3 rings (SSSR count). The summed E-state index contributed by atoms with van der Waals surface area (Å²) in [4.78, 5) is 12.0. The lowest BCUT2D eigenvalue weighted by atomic mass is 9.99. The minimum absolute atomic E-state index is 0.0132. The predicted octanol–water partition coefficient (Wildman–Crippen LogP) is 5.85. The van der Waals surface area contributed by atoms with Gasteiger partial charge in [-0.15, -0.1) is 0 Å². The number of amides is 1. The van der Waals surface area contributed by atoms with Gasteiger partial charge in [-0.1, -0.05) is 44.2 Å². The van der Waals surface area contributed by atoms with Crippen LogP contribution in [0, 0.1) is 0 Å². The Morgan fingerprint density at radius 1 is 1.03 bits per heavy atom. The van der Waals surface area contributed by atoms with Crippen molar-refractivity contribution in [3.63, 3.8) is 0 Å². The second kappa shape index (κ2) is 11.4. The van der Waals surface area contributed by atoms with Crippen molar-refractivity contribution < 1.29 is 14.6 Å². The molecule has 0 fully saturated rings. The maximum absolute atomic E-state index is 12.0. The fraction of sp³-hybridized carbons (Fsp3) is 0.200. The number of benzene rings is 3. The minimum Gasteiger partial charge on any atom is -0.507 e. The van der Waals surface area contributed by atoms with Crippen molar-refractivity contribution in [2.24, 2.45) is 15.3 Å². The number of rotatable bonds is 9. The summed E-state index contributed by atoms with van der Waals surface area (Å²) in [6, 6.07) is 21.8. The highest BCUT2D eigenvalue weighted by Crippen LogP contribution is 2.24. The fourth-order valence-corrected chi connectivity index (χ4v) is 2.80. The molecule has 3 aromatic carbocycles. The van der Waals surface area contributed by atoms with Crippen molar-refractivity contribution in [3.8, 4) is 11.5 Å². The van der Waals surface area contributed by atoms with Crippen LogP contribution >= 0.6 is 0 Å². The number of nitrogens with zero attached hydrogens (tertiary/aromatic N) is 3. The maximum Gasteiger partial charge on any atom is 0.277 e. The number of aromatic hydroxyl groups is 1. The van der Waals surface area contributed by atoms with E-state index >= 15 is 0 Å². The molecule has 32 heavy (non-hydrogen) atoms. The van der Waals surface area contributed by atoms with Gasteiger partial charge in [0.05, 0.1) is 17.6 Å². The van der Waals surface area contributed by atoms with Crippen molar-refractivity contribution in [2.45, 2.75) is 26.2 Å². The van der Waals surface area contributed by atoms with E-state index in [0.29, 0.717) is 22.9 Å². The van der Waals surface area contributed by atoms with Gasteiger partial charge in [-0.05, 0) is 60.4 Å². The van der Waals surface area contributed by atoms with Crippen LogP contribution in [0.3, 0.4) is 0 Å². The Bertz CT molecular complexity index is 1080. The van der Waals surface area contributed by atoms with E-state index in [9.17, 15) is 9.90 Å². The number of carbonyl (C=O) groups excluding carboxylic acids is 1. The number of carbonyl (C=O) groups is 1. The number of ether oxygens (including phenoxy) is 1. The Labute approximate surface area is 187 Å². The molecule has 164 valence electrons. The standard InChI is InChI=1S/C25H26N4O3/c1-3-18(2)19-9-12-23(13-10-19)32-17-25(31)29-26-16-20-15-22(11-14-24(20)30)28-27-21-7-5-4-6-8-21/h4-16,18,30H,3,17H2,1-2H3,(H,29,31)/b26-16+,28-27?. The van der Waals surface area contributed by atoms with E-state index in [4.69, 9.17) is 4.74 Å². The van der Waals surface area contributed by atoms with Gasteiger partial charge in [0.25, 0.3) is 5.91 Å². The molecule has 0 saturated heterocycles. The summed E-state index contributed by atoms with van der Waals surface area (Å²) in [5.41, 5.74) is 5.28. The summed E-state index contributed by atoms with van der Waals surface area (Å²) in [6.07, 6.45) is 2.41. The van der Waals surface area contributed by atoms with Crippen molar-refractivity contribution in [3.05, 3.63) is 83.9 Å². The third-order valence-electron chi connectivity index (χ3n) is 4.87. The quantitative estimate of drug-likeness (QED) is 0.253. The summed E-state index contributed by atoms with van der Waals surface area (Å²) >= 11 is 0. The Morgan fingerprint density at radius 2 is 1.75 bits per heavy atom. The summed E-state index contributed by atoms with van der Waals surface area (Å²) < 4.78 is 5.49. The number of phenols is 1. The zero-order valence-electron chi connectivity index (χ0n) is 18.1. The van der Waals surface area contributed by atoms with Gasteiger partial charge in [-0.3, -0.25) is 4.79 Å². The van der Waals surface area contributed by atoms with Crippen LogP contribution in [-0.2, 0) is 4.79 Å². The third kappa shape index (κ3) is 6.77. The van der Waals surface area contributed by atoms with Gasteiger partial charge >= 0.3 is 0 Å². The van der Waals surface area contributed by atoms with Crippen molar-refractivity contribution >= 4 is 23.5 Å². The molecule has 0 heterocycles. The third-order valence-corrected chi connectivity index (χ3v) is 4.87. The molecule has 0 bridgehead atoms. The second-order valence-electron chi connectivity index (χ2n) is 7.24. The van der Waals surface area contributed by atoms with Gasteiger partial charge in [-0.2, -0.15) is 15.3 Å². The van der Waals surface area contributed by atoms with Gasteiger partial charge in [0, 0.05) is 5.56 Å². The summed E-state index contributed by atoms with van der Waals surface area (Å²) in [6.45, 7) is 4.14. The van der Waals surface area contributed by atoms with Crippen LogP contribution in [0.2, 0.25) is 0 Å². The second-order valence-corrected chi connectivity index (χ2v) is 7.24. The first-order valence-electron chi connectivity index (χ1n) is 10.4. The monoisotopic (exact) mass is 430 g/mol. The van der Waals surface area contributed by atoms with E-state index in [1.807, 2.05) is 54.6 Å². The number of hydrazone groups is 1. The van der Waals surface area contributed by atoms with E-state index in [1.54, 1.807) is 12.1 Å². The molecular weight excluding hydrogens is 404 g/mol. The summed E-state index contributed by atoms with van der Waals surface area (Å²) in [7, 11) is 0. The summed E-state index contributed by atoms with van der Waals surface area (Å²) in [5, 5.41) is 22.2. The van der Waals surface area contributed by atoms with Gasteiger partial charge in [-0.25, -0.2) is 5.43 Å². The molecule has 0 saturated carbocycles. The number of hydrogen-bond donors (Lipinski definition) is 2. The average molecular weight is 431 g/mol. The first kappa shape index (κ1) is 22.7. The van der Waals surface area contributed by atoms with Crippen LogP contribution < -0.4 is 10.2 Å². The number of hydrogen-bond acceptors (Lipinski definition) is 6. The Morgan fingerprint density at radius 3 is 2.47 bits per heavy atom. The largest absolute Gasteiger partial charge is 0.507 e. The van der Waals surface area contributed by atoms with Crippen molar-refractivity contribution in [1.82, 2.24) is 5.43 Å². The lowest BCUT2D eigenvalue weighted by molar-refractivity contribution is -0.123. The van der Waals surface area contributed by atoms with E-state index in [-0.39, 0.29) is 12.4 Å². The maximum atomic E-state index is 12.0. The zero-order valence-corrected chi connectivity index (χ0v) is 18.1. The van der Waals surface area contributed by atoms with E-state index in [0.717, 1.165) is 12.1 Å². The van der Waals surface area contributed by atoms with E-state index in [1.165, 1.54) is 17.8 Å². The first-order chi connectivity index (χ1) is 15.5. The number of azo groups is 1. The molecule has 2 N–H and O–H groups in total. The molecule has 7 nitrogen and oxygen atoms in total. The van der Waals surface area contributed by atoms with Crippen molar-refractivity contribution in [1.29, 1.82) is 0 Å². The lowest BCUT2D eigenvalue weighted by Gasteiger charge is -2.10. The molecular formula is C25H26N4O3. The van der Waals surface area contributed by atoms with Crippen LogP contribution in [0.5, 0.6) is 11.5 Å². The number of nitrogens with one attached hydrogen (secondary N) is 1. The van der Waals surface area contributed by atoms with Gasteiger partial charge in [0.15, 0.2) is 6.61 Å². The predicted molar refractivity (Wildman–Crippen MR) is 125 cm³/mol. The molecule has 1 amide bonds.